The Morgan fingerprint density at radius 2 is 1.50 bits per heavy atom. The van der Waals surface area contributed by atoms with E-state index < -0.39 is 13.4 Å². The van der Waals surface area contributed by atoms with Gasteiger partial charge in [0.15, 0.2) is 0 Å². The molecule has 0 aromatic rings. The summed E-state index contributed by atoms with van der Waals surface area (Å²) in [5.74, 6) is -1.15. The second-order valence-electron chi connectivity index (χ2n) is 4.45. The van der Waals surface area contributed by atoms with Crippen LogP contribution in [0, 0.1) is 0 Å². The smallest absolute Gasteiger partial charge is 0.323 e. The quantitative estimate of drug-likeness (QED) is 0.189. The van der Waals surface area contributed by atoms with Crippen LogP contribution < -0.4 is 5.48 Å². The van der Waals surface area contributed by atoms with Crippen molar-refractivity contribution >= 4 is 13.9 Å². The molecule has 0 aliphatic carbocycles. The molecule has 6 nitrogen and oxygen atoms in total. The van der Waals surface area contributed by atoms with E-state index in [1.165, 1.54) is 0 Å². The van der Waals surface area contributed by atoms with Gasteiger partial charge in [0.2, 0.25) is 0 Å². The number of hydroxylamine groups is 1. The fourth-order valence-electron chi connectivity index (χ4n) is 1.76. The lowest BCUT2D eigenvalue weighted by Crippen LogP contribution is -2.25. The van der Waals surface area contributed by atoms with Gasteiger partial charge >= 0.3 is 7.60 Å². The summed E-state index contributed by atoms with van der Waals surface area (Å²) in [6.07, 6.45) is 8.59. The van der Waals surface area contributed by atoms with Crippen molar-refractivity contribution in [1.82, 2.24) is 5.48 Å². The summed E-state index contributed by atoms with van der Waals surface area (Å²) < 4.78 is 10.9. The van der Waals surface area contributed by atoms with Crippen molar-refractivity contribution in [3.05, 3.63) is 0 Å². The maximum absolute atomic E-state index is 10.9. The third-order valence-corrected chi connectivity index (χ3v) is 4.04. The topological polar surface area (TPSA) is 107 Å². The standard InChI is InChI=1S/C11H24NO5P/c13-10-8-6-4-2-1-3-5-7-9-11(12-14)18(15,16)17/h10-12,14H,1-9H2,(H2,15,16,17). The second-order valence-corrected chi connectivity index (χ2v) is 6.25. The summed E-state index contributed by atoms with van der Waals surface area (Å²) in [6, 6.07) is 0. The highest BCUT2D eigenvalue weighted by Gasteiger charge is 2.27. The van der Waals surface area contributed by atoms with E-state index in [9.17, 15) is 9.36 Å². The first kappa shape index (κ1) is 17.7. The largest absolute Gasteiger partial charge is 0.344 e. The van der Waals surface area contributed by atoms with E-state index in [1.54, 1.807) is 5.48 Å². The molecule has 0 aliphatic heterocycles. The predicted octanol–water partition coefficient (Wildman–Crippen LogP) is 2.18. The summed E-state index contributed by atoms with van der Waals surface area (Å²) in [5.41, 5.74) is 1.67. The van der Waals surface area contributed by atoms with E-state index in [4.69, 9.17) is 15.0 Å². The number of rotatable bonds is 12. The Labute approximate surface area is 108 Å². The predicted molar refractivity (Wildman–Crippen MR) is 68.4 cm³/mol. The Hall–Kier alpha value is -0.260. The van der Waals surface area contributed by atoms with Crippen LogP contribution in [-0.2, 0) is 9.36 Å². The number of carbonyl (C=O) groups excluding carboxylic acids is 1. The van der Waals surface area contributed by atoms with Crippen LogP contribution in [-0.4, -0.2) is 27.1 Å². The molecule has 0 rings (SSSR count). The minimum Gasteiger partial charge on any atom is -0.323 e. The van der Waals surface area contributed by atoms with Gasteiger partial charge in [0.05, 0.1) is 0 Å². The molecule has 1 atom stereocenters. The molecular formula is C11H24NO5P. The van der Waals surface area contributed by atoms with E-state index >= 15 is 0 Å². The number of hydrogen-bond donors (Lipinski definition) is 4. The van der Waals surface area contributed by atoms with Gasteiger partial charge in [-0.3, -0.25) is 4.57 Å². The first-order valence-electron chi connectivity index (χ1n) is 6.41. The highest BCUT2D eigenvalue weighted by atomic mass is 31.2. The summed E-state index contributed by atoms with van der Waals surface area (Å²) in [5, 5.41) is 8.61. The zero-order chi connectivity index (χ0) is 13.9. The van der Waals surface area contributed by atoms with Gasteiger partial charge in [0.25, 0.3) is 0 Å². The van der Waals surface area contributed by atoms with Gasteiger partial charge in [-0.2, -0.15) is 5.48 Å². The van der Waals surface area contributed by atoms with Gasteiger partial charge in [-0.15, -0.1) is 0 Å². The van der Waals surface area contributed by atoms with E-state index in [0.29, 0.717) is 12.8 Å². The lowest BCUT2D eigenvalue weighted by atomic mass is 10.1. The second kappa shape index (κ2) is 10.6. The SMILES string of the molecule is O=CCCCCCCCCCC(NO)P(=O)(O)O. The van der Waals surface area contributed by atoms with Crippen molar-refractivity contribution < 1.29 is 24.4 Å². The van der Waals surface area contributed by atoms with E-state index in [2.05, 4.69) is 0 Å². The Morgan fingerprint density at radius 3 is 1.94 bits per heavy atom. The molecule has 0 bridgehead atoms. The Morgan fingerprint density at radius 1 is 1.00 bits per heavy atom. The van der Waals surface area contributed by atoms with Crippen LogP contribution in [0.3, 0.4) is 0 Å². The zero-order valence-electron chi connectivity index (χ0n) is 10.6. The lowest BCUT2D eigenvalue weighted by molar-refractivity contribution is -0.107. The molecule has 0 aromatic heterocycles. The molecule has 0 fully saturated rings. The summed E-state index contributed by atoms with van der Waals surface area (Å²) in [4.78, 5) is 27.8. The molecule has 18 heavy (non-hydrogen) atoms. The molecular weight excluding hydrogens is 257 g/mol. The number of unbranched alkanes of at least 4 members (excludes halogenated alkanes) is 7. The van der Waals surface area contributed by atoms with E-state index in [0.717, 1.165) is 44.8 Å². The molecule has 0 amide bonds. The van der Waals surface area contributed by atoms with Gasteiger partial charge < -0.3 is 19.8 Å². The average Bonchev–Trinajstić information content (AvgIpc) is 2.30. The first-order valence-corrected chi connectivity index (χ1v) is 8.09. The van der Waals surface area contributed by atoms with E-state index in [-0.39, 0.29) is 6.42 Å². The molecule has 7 heteroatoms. The Kier molecular flexibility index (Phi) is 10.5. The van der Waals surface area contributed by atoms with Crippen LogP contribution in [0.5, 0.6) is 0 Å². The fourth-order valence-corrected chi connectivity index (χ4v) is 2.43. The van der Waals surface area contributed by atoms with Crippen LogP contribution in [0.15, 0.2) is 0 Å². The minimum atomic E-state index is -4.24. The van der Waals surface area contributed by atoms with Crippen molar-refractivity contribution in [1.29, 1.82) is 0 Å². The third kappa shape index (κ3) is 9.74. The maximum atomic E-state index is 10.9. The van der Waals surface area contributed by atoms with Gasteiger partial charge in [0, 0.05) is 6.42 Å². The molecule has 0 spiro atoms. The molecule has 0 saturated heterocycles. The molecule has 4 N–H and O–H groups in total. The van der Waals surface area contributed by atoms with Crippen molar-refractivity contribution in [3.8, 4) is 0 Å². The van der Waals surface area contributed by atoms with E-state index in [1.807, 2.05) is 0 Å². The molecule has 0 heterocycles. The Bertz CT molecular complexity index is 256. The van der Waals surface area contributed by atoms with Gasteiger partial charge in [0.1, 0.15) is 12.1 Å². The maximum Gasteiger partial charge on any atom is 0.344 e. The van der Waals surface area contributed by atoms with Crippen molar-refractivity contribution in [2.24, 2.45) is 0 Å². The van der Waals surface area contributed by atoms with Gasteiger partial charge in [-0.25, -0.2) is 0 Å². The number of carbonyl (C=O) groups is 1. The molecule has 0 radical (unpaired) electrons. The molecule has 0 saturated carbocycles. The van der Waals surface area contributed by atoms with Gasteiger partial charge in [-0.05, 0) is 12.8 Å². The number of nitrogens with one attached hydrogen (secondary N) is 1. The lowest BCUT2D eigenvalue weighted by Gasteiger charge is -2.15. The minimum absolute atomic E-state index is 0.270. The molecule has 1 unspecified atom stereocenters. The van der Waals surface area contributed by atoms with Crippen LogP contribution in [0.2, 0.25) is 0 Å². The molecule has 0 aliphatic rings. The Balaban J connectivity index is 3.39. The summed E-state index contributed by atoms with van der Waals surface area (Å²) in [7, 11) is -4.24. The van der Waals surface area contributed by atoms with Crippen molar-refractivity contribution in [2.75, 3.05) is 0 Å². The van der Waals surface area contributed by atoms with Gasteiger partial charge in [-0.1, -0.05) is 38.5 Å². The third-order valence-electron chi connectivity index (χ3n) is 2.85. The average molecular weight is 281 g/mol. The molecule has 0 aromatic carbocycles. The van der Waals surface area contributed by atoms with Crippen LogP contribution in [0.4, 0.5) is 0 Å². The highest BCUT2D eigenvalue weighted by Crippen LogP contribution is 2.41. The number of aldehydes is 1. The number of hydrogen-bond acceptors (Lipinski definition) is 4. The monoisotopic (exact) mass is 281 g/mol. The normalized spacial score (nSPS) is 13.5. The highest BCUT2D eigenvalue weighted by molar-refractivity contribution is 7.52. The summed E-state index contributed by atoms with van der Waals surface area (Å²) in [6.45, 7) is 0. The first-order chi connectivity index (χ1) is 8.52. The van der Waals surface area contributed by atoms with Crippen molar-refractivity contribution in [3.63, 3.8) is 0 Å². The molecule has 108 valence electrons. The van der Waals surface area contributed by atoms with Crippen LogP contribution in [0.1, 0.15) is 57.8 Å². The van der Waals surface area contributed by atoms with Crippen LogP contribution in [0.25, 0.3) is 0 Å². The fraction of sp³-hybridized carbons (Fsp3) is 0.909. The summed E-state index contributed by atoms with van der Waals surface area (Å²) >= 11 is 0. The van der Waals surface area contributed by atoms with Crippen molar-refractivity contribution in [2.45, 2.75) is 63.6 Å². The zero-order valence-corrected chi connectivity index (χ0v) is 11.5. The van der Waals surface area contributed by atoms with Crippen LogP contribution >= 0.6 is 7.60 Å².